The summed E-state index contributed by atoms with van der Waals surface area (Å²) in [6.45, 7) is 0. The maximum Gasteiger partial charge on any atom is 0.247 e. The van der Waals surface area contributed by atoms with E-state index in [1.807, 2.05) is 6.07 Å². The van der Waals surface area contributed by atoms with Gasteiger partial charge in [-0.05, 0) is 24.3 Å². The van der Waals surface area contributed by atoms with Crippen LogP contribution in [0.4, 0.5) is 11.6 Å². The number of benzene rings is 1. The van der Waals surface area contributed by atoms with Crippen molar-refractivity contribution in [2.24, 2.45) is 0 Å². The van der Waals surface area contributed by atoms with Crippen LogP contribution in [-0.4, -0.2) is 31.7 Å². The number of ether oxygens (including phenoxy) is 1. The maximum atomic E-state index is 9.08. The maximum absolute atomic E-state index is 9.08. The monoisotopic (exact) mass is 377 g/mol. The van der Waals surface area contributed by atoms with Gasteiger partial charge in [0.15, 0.2) is 5.65 Å². The lowest BCUT2D eigenvalue weighted by Crippen LogP contribution is -1.97. The van der Waals surface area contributed by atoms with Crippen molar-refractivity contribution in [2.75, 3.05) is 12.4 Å². The van der Waals surface area contributed by atoms with Crippen molar-refractivity contribution in [3.05, 3.63) is 59.6 Å². The Morgan fingerprint density at radius 2 is 2.00 bits per heavy atom. The summed E-state index contributed by atoms with van der Waals surface area (Å²) >= 11 is 6.15. The summed E-state index contributed by atoms with van der Waals surface area (Å²) < 4.78 is 6.79. The average molecular weight is 378 g/mol. The predicted octanol–water partition coefficient (Wildman–Crippen LogP) is 3.46. The van der Waals surface area contributed by atoms with Crippen LogP contribution < -0.4 is 10.1 Å². The van der Waals surface area contributed by atoms with E-state index in [0.29, 0.717) is 33.6 Å². The molecule has 0 radical (unpaired) electrons. The molecule has 8 nitrogen and oxygen atoms in total. The Bertz CT molecular complexity index is 1180. The van der Waals surface area contributed by atoms with Gasteiger partial charge in [0.1, 0.15) is 11.8 Å². The zero-order valence-electron chi connectivity index (χ0n) is 14.1. The number of nitrogens with zero attached hydrogens (tertiary/aromatic N) is 6. The lowest BCUT2D eigenvalue weighted by atomic mass is 10.2. The number of nitriles is 1. The molecule has 27 heavy (non-hydrogen) atoms. The first kappa shape index (κ1) is 16.8. The van der Waals surface area contributed by atoms with Crippen molar-refractivity contribution in [1.82, 2.24) is 24.6 Å². The number of aromatic nitrogens is 5. The van der Waals surface area contributed by atoms with Crippen LogP contribution in [0.15, 0.2) is 49.1 Å². The van der Waals surface area contributed by atoms with E-state index in [-0.39, 0.29) is 0 Å². The summed E-state index contributed by atoms with van der Waals surface area (Å²) in [5.74, 6) is 0.969. The smallest absolute Gasteiger partial charge is 0.247 e. The van der Waals surface area contributed by atoms with Crippen LogP contribution >= 0.6 is 11.6 Å². The van der Waals surface area contributed by atoms with Crippen molar-refractivity contribution < 1.29 is 4.74 Å². The Kier molecular flexibility index (Phi) is 4.28. The molecule has 4 aromatic rings. The fourth-order valence-electron chi connectivity index (χ4n) is 2.58. The molecule has 0 aliphatic carbocycles. The minimum atomic E-state index is 0.384. The highest BCUT2D eigenvalue weighted by atomic mass is 35.5. The molecule has 1 aromatic carbocycles. The zero-order valence-corrected chi connectivity index (χ0v) is 14.8. The van der Waals surface area contributed by atoms with E-state index < -0.39 is 0 Å². The van der Waals surface area contributed by atoms with Crippen LogP contribution in [0.5, 0.6) is 5.75 Å². The predicted molar refractivity (Wildman–Crippen MR) is 100 cm³/mol. The number of anilines is 2. The van der Waals surface area contributed by atoms with Gasteiger partial charge in [-0.3, -0.25) is 9.97 Å². The molecule has 1 N–H and O–H groups in total. The van der Waals surface area contributed by atoms with Gasteiger partial charge < -0.3 is 10.1 Å². The van der Waals surface area contributed by atoms with Crippen molar-refractivity contribution in [1.29, 1.82) is 5.26 Å². The second-order valence-corrected chi connectivity index (χ2v) is 5.95. The highest BCUT2D eigenvalue weighted by Crippen LogP contribution is 2.28. The van der Waals surface area contributed by atoms with Gasteiger partial charge in [-0.2, -0.15) is 10.2 Å². The fraction of sp³-hybridized carbons (Fsp3) is 0.0556. The number of hydrogen-bond acceptors (Lipinski definition) is 7. The first-order valence-electron chi connectivity index (χ1n) is 7.85. The van der Waals surface area contributed by atoms with Crippen LogP contribution in [0.25, 0.3) is 16.9 Å². The number of pyridine rings is 1. The average Bonchev–Trinajstić information content (AvgIpc) is 3.10. The normalized spacial score (nSPS) is 10.6. The number of fused-ring (bicyclic) bond motifs is 1. The summed E-state index contributed by atoms with van der Waals surface area (Å²) in [7, 11) is 1.56. The van der Waals surface area contributed by atoms with Gasteiger partial charge in [0.25, 0.3) is 0 Å². The summed E-state index contributed by atoms with van der Waals surface area (Å²) in [5, 5.41) is 17.1. The molecule has 0 aliphatic rings. The summed E-state index contributed by atoms with van der Waals surface area (Å²) in [6.07, 6.45) is 6.40. The molecule has 0 saturated heterocycles. The van der Waals surface area contributed by atoms with Crippen LogP contribution in [0.3, 0.4) is 0 Å². The zero-order chi connectivity index (χ0) is 18.8. The molecule has 3 heterocycles. The second-order valence-electron chi connectivity index (χ2n) is 5.55. The molecular formula is C18H12ClN7O. The fourth-order valence-corrected chi connectivity index (χ4v) is 2.84. The Balaban J connectivity index is 1.72. The molecule has 132 valence electrons. The summed E-state index contributed by atoms with van der Waals surface area (Å²) in [6, 6.07) is 9.10. The number of hydrogen-bond donors (Lipinski definition) is 1. The van der Waals surface area contributed by atoms with E-state index in [4.69, 9.17) is 21.6 Å². The topological polar surface area (TPSA) is 101 Å². The highest BCUT2D eigenvalue weighted by molar-refractivity contribution is 6.32. The molecule has 3 aromatic heterocycles. The molecule has 0 atom stereocenters. The van der Waals surface area contributed by atoms with Gasteiger partial charge in [-0.1, -0.05) is 11.6 Å². The number of halogens is 1. The largest absolute Gasteiger partial charge is 0.495 e. The van der Waals surface area contributed by atoms with Crippen LogP contribution in [0.1, 0.15) is 5.56 Å². The molecular weight excluding hydrogens is 366 g/mol. The lowest BCUT2D eigenvalue weighted by Gasteiger charge is -2.06. The third kappa shape index (κ3) is 3.23. The quantitative estimate of drug-likeness (QED) is 0.581. The molecule has 0 fully saturated rings. The summed E-state index contributed by atoms with van der Waals surface area (Å²) in [4.78, 5) is 12.7. The molecule has 0 amide bonds. The van der Waals surface area contributed by atoms with E-state index in [1.165, 1.54) is 6.20 Å². The second kappa shape index (κ2) is 6.90. The third-order valence-corrected chi connectivity index (χ3v) is 4.11. The van der Waals surface area contributed by atoms with Crippen LogP contribution in [0.2, 0.25) is 5.02 Å². The van der Waals surface area contributed by atoms with Crippen molar-refractivity contribution >= 4 is 28.9 Å². The number of methoxy groups -OCH3 is 1. The molecule has 0 saturated carbocycles. The van der Waals surface area contributed by atoms with Gasteiger partial charge >= 0.3 is 0 Å². The van der Waals surface area contributed by atoms with Crippen molar-refractivity contribution in [3.8, 4) is 23.1 Å². The molecule has 0 bridgehead atoms. The van der Waals surface area contributed by atoms with Crippen LogP contribution in [-0.2, 0) is 0 Å². The lowest BCUT2D eigenvalue weighted by molar-refractivity contribution is 0.415. The van der Waals surface area contributed by atoms with Crippen molar-refractivity contribution in [3.63, 3.8) is 0 Å². The van der Waals surface area contributed by atoms with E-state index in [2.05, 4.69) is 31.4 Å². The molecule has 0 unspecified atom stereocenters. The van der Waals surface area contributed by atoms with Gasteiger partial charge in [-0.15, -0.1) is 5.10 Å². The highest BCUT2D eigenvalue weighted by Gasteiger charge is 2.11. The van der Waals surface area contributed by atoms with Crippen molar-refractivity contribution in [2.45, 2.75) is 0 Å². The van der Waals surface area contributed by atoms with E-state index in [1.54, 1.807) is 48.4 Å². The molecule has 0 aliphatic heterocycles. The van der Waals surface area contributed by atoms with Gasteiger partial charge in [0.2, 0.25) is 5.95 Å². The SMILES string of the molecule is COc1ccc(Nc2nc3cncc(-c4cncc(C#N)c4)n3n2)cc1Cl. The minimum Gasteiger partial charge on any atom is -0.495 e. The molecule has 4 rings (SSSR count). The van der Waals surface area contributed by atoms with Gasteiger partial charge in [0, 0.05) is 23.6 Å². The summed E-state index contributed by atoms with van der Waals surface area (Å²) in [5.41, 5.74) is 3.12. The van der Waals surface area contributed by atoms with E-state index in [9.17, 15) is 0 Å². The Labute approximate surface area is 159 Å². The number of nitrogens with one attached hydrogen (secondary N) is 1. The standard InChI is InChI=1S/C18H12ClN7O/c1-27-16-3-2-13(5-14(16)19)23-18-24-17-10-22-9-15(26(17)25-18)12-4-11(6-20)7-21-8-12/h2-5,7-10H,1H3,(H,23,25). The first-order valence-corrected chi connectivity index (χ1v) is 8.22. The Hall–Kier alpha value is -3.70. The molecule has 9 heteroatoms. The molecule has 0 spiro atoms. The van der Waals surface area contributed by atoms with E-state index >= 15 is 0 Å². The Morgan fingerprint density at radius 3 is 2.78 bits per heavy atom. The number of rotatable bonds is 4. The third-order valence-electron chi connectivity index (χ3n) is 3.82. The van der Waals surface area contributed by atoms with E-state index in [0.717, 1.165) is 11.3 Å². The van der Waals surface area contributed by atoms with Gasteiger partial charge in [0.05, 0.1) is 35.8 Å². The van der Waals surface area contributed by atoms with Gasteiger partial charge in [-0.25, -0.2) is 4.52 Å². The minimum absolute atomic E-state index is 0.384. The van der Waals surface area contributed by atoms with Crippen LogP contribution in [0, 0.1) is 11.3 Å². The first-order chi connectivity index (χ1) is 13.2. The Morgan fingerprint density at radius 1 is 1.15 bits per heavy atom.